The second kappa shape index (κ2) is 6.25. The highest BCUT2D eigenvalue weighted by Crippen LogP contribution is 2.25. The lowest BCUT2D eigenvalue weighted by Gasteiger charge is -2.10. The zero-order chi connectivity index (χ0) is 15.4. The van der Waals surface area contributed by atoms with Crippen LogP contribution in [0.4, 0.5) is 20.2 Å². The van der Waals surface area contributed by atoms with Gasteiger partial charge in [-0.3, -0.25) is 15.1 Å². The molecule has 7 heteroatoms. The molecule has 1 aromatic carbocycles. The van der Waals surface area contributed by atoms with Gasteiger partial charge in [-0.2, -0.15) is 0 Å². The number of nitrogens with zero attached hydrogens (tertiary/aromatic N) is 2. The van der Waals surface area contributed by atoms with E-state index in [9.17, 15) is 18.9 Å². The van der Waals surface area contributed by atoms with Crippen molar-refractivity contribution in [1.29, 1.82) is 0 Å². The molecule has 0 aliphatic rings. The summed E-state index contributed by atoms with van der Waals surface area (Å²) in [5.74, 6) is -2.01. The van der Waals surface area contributed by atoms with Gasteiger partial charge in [0.25, 0.3) is 5.69 Å². The van der Waals surface area contributed by atoms with Crippen molar-refractivity contribution in [3.05, 3.63) is 63.5 Å². The van der Waals surface area contributed by atoms with E-state index in [-0.39, 0.29) is 6.54 Å². The Kier molecular flexibility index (Phi) is 4.42. The number of rotatable bonds is 5. The number of hydrogen-bond donors (Lipinski definition) is 1. The number of aryl methyl sites for hydroxylation is 1. The zero-order valence-electron chi connectivity index (χ0n) is 11.3. The number of non-ortho nitro benzene ring substituents is 1. The fourth-order valence-electron chi connectivity index (χ4n) is 1.96. The van der Waals surface area contributed by atoms with E-state index in [4.69, 9.17) is 0 Å². The normalized spacial score (nSPS) is 10.4. The summed E-state index contributed by atoms with van der Waals surface area (Å²) in [6.45, 7) is 2.09. The van der Waals surface area contributed by atoms with Gasteiger partial charge in [-0.15, -0.1) is 0 Å². The number of nitro groups is 1. The monoisotopic (exact) mass is 293 g/mol. The standard InChI is InChI=1S/C14H13F2N3O2/c1-2-9-4-3-5-17-13(9)8-18-14-11(15)6-10(19(20)21)7-12(14)16/h3-7,18H,2,8H2,1H3. The Balaban J connectivity index is 2.22. The van der Waals surface area contributed by atoms with Crippen molar-refractivity contribution in [3.63, 3.8) is 0 Å². The van der Waals surface area contributed by atoms with E-state index in [1.54, 1.807) is 12.3 Å². The number of hydrogen-bond acceptors (Lipinski definition) is 4. The first-order chi connectivity index (χ1) is 10.0. The summed E-state index contributed by atoms with van der Waals surface area (Å²) < 4.78 is 27.5. The van der Waals surface area contributed by atoms with Gasteiger partial charge in [0.2, 0.25) is 0 Å². The average molecular weight is 293 g/mol. The van der Waals surface area contributed by atoms with Gasteiger partial charge in [-0.05, 0) is 18.1 Å². The quantitative estimate of drug-likeness (QED) is 0.677. The Morgan fingerprint density at radius 3 is 2.57 bits per heavy atom. The van der Waals surface area contributed by atoms with Gasteiger partial charge in [-0.25, -0.2) is 8.78 Å². The van der Waals surface area contributed by atoms with E-state index in [0.29, 0.717) is 17.8 Å². The second-order valence-electron chi connectivity index (χ2n) is 4.36. The van der Waals surface area contributed by atoms with Crippen LogP contribution in [0.1, 0.15) is 18.2 Å². The first-order valence-electron chi connectivity index (χ1n) is 6.33. The van der Waals surface area contributed by atoms with Crippen LogP contribution in [0.3, 0.4) is 0 Å². The van der Waals surface area contributed by atoms with Crippen LogP contribution in [-0.4, -0.2) is 9.91 Å². The van der Waals surface area contributed by atoms with Crippen LogP contribution in [0.5, 0.6) is 0 Å². The maximum atomic E-state index is 13.7. The Bertz CT molecular complexity index is 654. The van der Waals surface area contributed by atoms with E-state index >= 15 is 0 Å². The maximum absolute atomic E-state index is 13.7. The third-order valence-corrected chi connectivity index (χ3v) is 3.04. The molecule has 110 valence electrons. The average Bonchev–Trinajstić information content (AvgIpc) is 2.46. The van der Waals surface area contributed by atoms with Gasteiger partial charge in [0, 0.05) is 6.20 Å². The summed E-state index contributed by atoms with van der Waals surface area (Å²) in [7, 11) is 0. The lowest BCUT2D eigenvalue weighted by Crippen LogP contribution is -2.08. The largest absolute Gasteiger partial charge is 0.375 e. The molecule has 1 N–H and O–H groups in total. The fraction of sp³-hybridized carbons (Fsp3) is 0.214. The van der Waals surface area contributed by atoms with E-state index in [1.165, 1.54) is 0 Å². The molecule has 0 fully saturated rings. The molecule has 0 amide bonds. The first-order valence-corrected chi connectivity index (χ1v) is 6.33. The van der Waals surface area contributed by atoms with Crippen molar-refractivity contribution in [2.75, 3.05) is 5.32 Å². The SMILES string of the molecule is CCc1cccnc1CNc1c(F)cc([N+](=O)[O-])cc1F. The minimum Gasteiger partial charge on any atom is -0.375 e. The lowest BCUT2D eigenvalue weighted by atomic mass is 10.1. The van der Waals surface area contributed by atoms with Gasteiger partial charge in [-0.1, -0.05) is 13.0 Å². The van der Waals surface area contributed by atoms with E-state index in [2.05, 4.69) is 10.3 Å². The van der Waals surface area contributed by atoms with Crippen molar-refractivity contribution in [1.82, 2.24) is 4.98 Å². The van der Waals surface area contributed by atoms with Crippen molar-refractivity contribution < 1.29 is 13.7 Å². The van der Waals surface area contributed by atoms with Crippen molar-refractivity contribution in [2.45, 2.75) is 19.9 Å². The molecule has 0 unspecified atom stereocenters. The van der Waals surface area contributed by atoms with Gasteiger partial charge in [0.1, 0.15) is 5.69 Å². The van der Waals surface area contributed by atoms with Crippen LogP contribution in [0.2, 0.25) is 0 Å². The summed E-state index contributed by atoms with van der Waals surface area (Å²) in [5, 5.41) is 13.1. The molecule has 0 radical (unpaired) electrons. The van der Waals surface area contributed by atoms with Gasteiger partial charge < -0.3 is 5.32 Å². The third kappa shape index (κ3) is 3.31. The summed E-state index contributed by atoms with van der Waals surface area (Å²) >= 11 is 0. The van der Waals surface area contributed by atoms with Crippen LogP contribution in [0.15, 0.2) is 30.5 Å². The first kappa shape index (κ1) is 14.8. The molecule has 1 aromatic heterocycles. The number of aromatic nitrogens is 1. The molecule has 5 nitrogen and oxygen atoms in total. The third-order valence-electron chi connectivity index (χ3n) is 3.04. The molecule has 0 saturated heterocycles. The minimum absolute atomic E-state index is 0.135. The molecule has 0 spiro atoms. The Morgan fingerprint density at radius 2 is 2.00 bits per heavy atom. The second-order valence-corrected chi connectivity index (χ2v) is 4.36. The predicted molar refractivity (Wildman–Crippen MR) is 74.0 cm³/mol. The fourth-order valence-corrected chi connectivity index (χ4v) is 1.96. The van der Waals surface area contributed by atoms with Crippen molar-refractivity contribution >= 4 is 11.4 Å². The zero-order valence-corrected chi connectivity index (χ0v) is 11.3. The van der Waals surface area contributed by atoms with E-state index in [1.807, 2.05) is 13.0 Å². The number of pyridine rings is 1. The summed E-state index contributed by atoms with van der Waals surface area (Å²) in [4.78, 5) is 13.8. The molecule has 21 heavy (non-hydrogen) atoms. The highest BCUT2D eigenvalue weighted by atomic mass is 19.1. The Hall–Kier alpha value is -2.57. The van der Waals surface area contributed by atoms with Crippen LogP contribution < -0.4 is 5.32 Å². The molecule has 0 saturated carbocycles. The highest BCUT2D eigenvalue weighted by molar-refractivity contribution is 5.52. The summed E-state index contributed by atoms with van der Waals surface area (Å²) in [6.07, 6.45) is 2.34. The highest BCUT2D eigenvalue weighted by Gasteiger charge is 2.17. The van der Waals surface area contributed by atoms with Gasteiger partial charge in [0.15, 0.2) is 11.6 Å². The van der Waals surface area contributed by atoms with Gasteiger partial charge in [0.05, 0.1) is 29.3 Å². The number of nitro benzene ring substituents is 1. The molecular weight excluding hydrogens is 280 g/mol. The lowest BCUT2D eigenvalue weighted by molar-refractivity contribution is -0.385. The molecule has 2 aromatic rings. The molecule has 0 aliphatic carbocycles. The minimum atomic E-state index is -1.00. The van der Waals surface area contributed by atoms with Crippen LogP contribution in [0.25, 0.3) is 0 Å². The Labute approximate surface area is 119 Å². The van der Waals surface area contributed by atoms with Crippen molar-refractivity contribution in [2.24, 2.45) is 0 Å². The molecule has 1 heterocycles. The summed E-state index contributed by atoms with van der Waals surface area (Å²) in [6, 6.07) is 5.04. The number of halogens is 2. The summed E-state index contributed by atoms with van der Waals surface area (Å²) in [5.41, 5.74) is 0.626. The van der Waals surface area contributed by atoms with Crippen LogP contribution in [0, 0.1) is 21.7 Å². The Morgan fingerprint density at radius 1 is 1.33 bits per heavy atom. The van der Waals surface area contributed by atoms with E-state index < -0.39 is 27.9 Å². The van der Waals surface area contributed by atoms with E-state index in [0.717, 1.165) is 12.0 Å². The maximum Gasteiger partial charge on any atom is 0.275 e. The number of benzene rings is 1. The molecule has 0 atom stereocenters. The smallest absolute Gasteiger partial charge is 0.275 e. The molecule has 0 bridgehead atoms. The molecule has 0 aliphatic heterocycles. The topological polar surface area (TPSA) is 68.1 Å². The molecular formula is C14H13F2N3O2. The van der Waals surface area contributed by atoms with Crippen LogP contribution in [-0.2, 0) is 13.0 Å². The number of anilines is 1. The van der Waals surface area contributed by atoms with Gasteiger partial charge >= 0.3 is 0 Å². The van der Waals surface area contributed by atoms with Crippen molar-refractivity contribution in [3.8, 4) is 0 Å². The molecule has 2 rings (SSSR count). The predicted octanol–water partition coefficient (Wildman–Crippen LogP) is 3.44. The number of nitrogens with one attached hydrogen (secondary N) is 1. The van der Waals surface area contributed by atoms with Crippen LogP contribution >= 0.6 is 0 Å².